The van der Waals surface area contributed by atoms with E-state index < -0.39 is 8.32 Å². The number of rotatable bonds is 5. The fourth-order valence-corrected chi connectivity index (χ4v) is 2.16. The summed E-state index contributed by atoms with van der Waals surface area (Å²) in [5.74, 6) is 1.43. The van der Waals surface area contributed by atoms with E-state index in [4.69, 9.17) is 9.16 Å². The Morgan fingerprint density at radius 1 is 1.38 bits per heavy atom. The van der Waals surface area contributed by atoms with Gasteiger partial charge in [-0.2, -0.15) is 0 Å². The summed E-state index contributed by atoms with van der Waals surface area (Å²) in [4.78, 5) is 0. The van der Waals surface area contributed by atoms with Crippen LogP contribution >= 0.6 is 0 Å². The molecule has 0 fully saturated rings. The Morgan fingerprint density at radius 2 is 1.92 bits per heavy atom. The SMILES string of the molecule is CC=C(O[Si](C)(C)C)C(C)COC. The van der Waals surface area contributed by atoms with Crippen LogP contribution in [0.1, 0.15) is 13.8 Å². The van der Waals surface area contributed by atoms with Crippen molar-refractivity contribution in [3.05, 3.63) is 11.8 Å². The first kappa shape index (κ1) is 12.7. The van der Waals surface area contributed by atoms with Crippen molar-refractivity contribution in [2.45, 2.75) is 33.5 Å². The molecule has 0 N–H and O–H groups in total. The van der Waals surface area contributed by atoms with E-state index in [2.05, 4.69) is 26.6 Å². The lowest BCUT2D eigenvalue weighted by Crippen LogP contribution is -2.27. The summed E-state index contributed by atoms with van der Waals surface area (Å²) in [6.07, 6.45) is 2.04. The Hall–Kier alpha value is -0.283. The van der Waals surface area contributed by atoms with Gasteiger partial charge in [-0.1, -0.05) is 13.0 Å². The standard InChI is InChI=1S/C10H22O2Si/c1-7-10(9(2)8-11-3)12-13(4,5)6/h7,9H,8H2,1-6H3. The van der Waals surface area contributed by atoms with Crippen molar-refractivity contribution >= 4 is 8.32 Å². The van der Waals surface area contributed by atoms with Crippen LogP contribution in [0.25, 0.3) is 0 Å². The monoisotopic (exact) mass is 202 g/mol. The molecule has 0 heterocycles. The molecule has 0 aromatic heterocycles. The number of methoxy groups -OCH3 is 1. The van der Waals surface area contributed by atoms with Crippen molar-refractivity contribution in [2.75, 3.05) is 13.7 Å². The second kappa shape index (κ2) is 5.45. The highest BCUT2D eigenvalue weighted by molar-refractivity contribution is 6.70. The van der Waals surface area contributed by atoms with Gasteiger partial charge in [0.25, 0.3) is 0 Å². The summed E-state index contributed by atoms with van der Waals surface area (Å²) < 4.78 is 11.0. The van der Waals surface area contributed by atoms with Crippen molar-refractivity contribution in [1.29, 1.82) is 0 Å². The molecule has 0 amide bonds. The second-order valence-corrected chi connectivity index (χ2v) is 8.69. The minimum Gasteiger partial charge on any atom is -0.547 e. The van der Waals surface area contributed by atoms with Gasteiger partial charge in [-0.3, -0.25) is 0 Å². The van der Waals surface area contributed by atoms with E-state index in [1.165, 1.54) is 0 Å². The van der Waals surface area contributed by atoms with E-state index >= 15 is 0 Å². The maximum absolute atomic E-state index is 5.92. The van der Waals surface area contributed by atoms with Crippen LogP contribution in [-0.4, -0.2) is 22.0 Å². The first-order valence-corrected chi connectivity index (χ1v) is 8.15. The summed E-state index contributed by atoms with van der Waals surface area (Å²) in [6.45, 7) is 11.4. The Bertz CT molecular complexity index is 170. The van der Waals surface area contributed by atoms with E-state index in [0.717, 1.165) is 12.4 Å². The van der Waals surface area contributed by atoms with Crippen LogP contribution in [0.5, 0.6) is 0 Å². The average Bonchev–Trinajstić information content (AvgIpc) is 1.99. The van der Waals surface area contributed by atoms with Crippen molar-refractivity contribution in [2.24, 2.45) is 5.92 Å². The van der Waals surface area contributed by atoms with Gasteiger partial charge in [0.2, 0.25) is 8.32 Å². The molecule has 78 valence electrons. The molecule has 0 aromatic carbocycles. The van der Waals surface area contributed by atoms with Gasteiger partial charge >= 0.3 is 0 Å². The van der Waals surface area contributed by atoms with Crippen LogP contribution in [0.15, 0.2) is 11.8 Å². The molecule has 0 saturated carbocycles. The Labute approximate surface area is 83.1 Å². The van der Waals surface area contributed by atoms with E-state index in [0.29, 0.717) is 5.92 Å². The smallest absolute Gasteiger partial charge is 0.241 e. The topological polar surface area (TPSA) is 18.5 Å². The zero-order chi connectivity index (χ0) is 10.5. The molecule has 3 heteroatoms. The minimum absolute atomic E-state index is 0.363. The third kappa shape index (κ3) is 5.88. The zero-order valence-corrected chi connectivity index (χ0v) is 10.7. The molecule has 0 bridgehead atoms. The summed E-state index contributed by atoms with van der Waals surface area (Å²) in [5.41, 5.74) is 0. The lowest BCUT2D eigenvalue weighted by atomic mass is 10.1. The molecule has 0 saturated heterocycles. The van der Waals surface area contributed by atoms with Crippen molar-refractivity contribution in [1.82, 2.24) is 0 Å². The first-order valence-electron chi connectivity index (χ1n) is 4.75. The van der Waals surface area contributed by atoms with Gasteiger partial charge in [-0.15, -0.1) is 0 Å². The summed E-state index contributed by atoms with van der Waals surface area (Å²) in [7, 11) is 0.264. The Balaban J connectivity index is 4.20. The fraction of sp³-hybridized carbons (Fsp3) is 0.800. The lowest BCUT2D eigenvalue weighted by Gasteiger charge is -2.25. The Kier molecular flexibility index (Phi) is 5.33. The first-order chi connectivity index (χ1) is 5.90. The van der Waals surface area contributed by atoms with Crippen LogP contribution < -0.4 is 0 Å². The van der Waals surface area contributed by atoms with Gasteiger partial charge in [-0.25, -0.2) is 0 Å². The summed E-state index contributed by atoms with van der Waals surface area (Å²) >= 11 is 0. The van der Waals surface area contributed by atoms with E-state index in [1.54, 1.807) is 7.11 Å². The molecule has 0 spiro atoms. The second-order valence-electron chi connectivity index (χ2n) is 4.26. The van der Waals surface area contributed by atoms with Gasteiger partial charge in [-0.05, 0) is 26.6 Å². The third-order valence-corrected chi connectivity index (χ3v) is 2.46. The zero-order valence-electron chi connectivity index (χ0n) is 9.68. The van der Waals surface area contributed by atoms with Gasteiger partial charge in [0, 0.05) is 13.0 Å². The molecule has 0 aromatic rings. The predicted molar refractivity (Wildman–Crippen MR) is 59.2 cm³/mol. The van der Waals surface area contributed by atoms with Gasteiger partial charge in [0.1, 0.15) is 0 Å². The van der Waals surface area contributed by atoms with Crippen molar-refractivity contribution in [3.8, 4) is 0 Å². The summed E-state index contributed by atoms with van der Waals surface area (Å²) in [5, 5.41) is 0. The quantitative estimate of drug-likeness (QED) is 0.504. The van der Waals surface area contributed by atoms with Crippen molar-refractivity contribution < 1.29 is 9.16 Å². The van der Waals surface area contributed by atoms with E-state index in [9.17, 15) is 0 Å². The number of hydrogen-bond donors (Lipinski definition) is 0. The molecular weight excluding hydrogens is 180 g/mol. The van der Waals surface area contributed by atoms with Gasteiger partial charge in [0.15, 0.2) is 0 Å². The highest BCUT2D eigenvalue weighted by atomic mass is 28.4. The van der Waals surface area contributed by atoms with Crippen LogP contribution in [0.2, 0.25) is 19.6 Å². The lowest BCUT2D eigenvalue weighted by molar-refractivity contribution is 0.153. The number of ether oxygens (including phenoxy) is 1. The Morgan fingerprint density at radius 3 is 2.23 bits per heavy atom. The van der Waals surface area contributed by atoms with Crippen LogP contribution in [0.4, 0.5) is 0 Å². The molecule has 13 heavy (non-hydrogen) atoms. The fourth-order valence-electron chi connectivity index (χ4n) is 1.13. The highest BCUT2D eigenvalue weighted by Crippen LogP contribution is 2.18. The molecule has 0 aliphatic carbocycles. The number of hydrogen-bond acceptors (Lipinski definition) is 2. The largest absolute Gasteiger partial charge is 0.547 e. The van der Waals surface area contributed by atoms with E-state index in [-0.39, 0.29) is 0 Å². The molecule has 0 aliphatic heterocycles. The van der Waals surface area contributed by atoms with Crippen LogP contribution in [0, 0.1) is 5.92 Å². The highest BCUT2D eigenvalue weighted by Gasteiger charge is 2.20. The molecular formula is C10H22O2Si. The average molecular weight is 202 g/mol. The van der Waals surface area contributed by atoms with E-state index in [1.807, 2.05) is 13.0 Å². The minimum atomic E-state index is -1.46. The van der Waals surface area contributed by atoms with Gasteiger partial charge in [0.05, 0.1) is 12.4 Å². The van der Waals surface area contributed by atoms with Crippen molar-refractivity contribution in [3.63, 3.8) is 0 Å². The maximum Gasteiger partial charge on any atom is 0.241 e. The predicted octanol–water partition coefficient (Wildman–Crippen LogP) is 3.02. The maximum atomic E-state index is 5.92. The normalized spacial score (nSPS) is 15.7. The van der Waals surface area contributed by atoms with Crippen LogP contribution in [-0.2, 0) is 9.16 Å². The number of allylic oxidation sites excluding steroid dienone is 1. The molecule has 0 radical (unpaired) electrons. The molecule has 2 nitrogen and oxygen atoms in total. The van der Waals surface area contributed by atoms with Gasteiger partial charge < -0.3 is 9.16 Å². The molecule has 0 rings (SSSR count). The van der Waals surface area contributed by atoms with Crippen LogP contribution in [0.3, 0.4) is 0 Å². The molecule has 1 unspecified atom stereocenters. The summed E-state index contributed by atoms with van der Waals surface area (Å²) in [6, 6.07) is 0. The molecule has 1 atom stereocenters. The molecule has 0 aliphatic rings. The third-order valence-electron chi connectivity index (χ3n) is 1.61.